The van der Waals surface area contributed by atoms with Gasteiger partial charge in [-0.15, -0.1) is 0 Å². The zero-order valence-electron chi connectivity index (χ0n) is 18.6. The van der Waals surface area contributed by atoms with Gasteiger partial charge in [-0.3, -0.25) is 9.59 Å². The summed E-state index contributed by atoms with van der Waals surface area (Å²) in [4.78, 5) is 28.0. The number of carbonyl (C=O) groups is 2. The molecule has 2 atom stereocenters. The van der Waals surface area contributed by atoms with Crippen molar-refractivity contribution in [3.05, 3.63) is 95.3 Å². The van der Waals surface area contributed by atoms with Crippen LogP contribution in [-0.4, -0.2) is 36.6 Å². The molecule has 174 valence electrons. The predicted octanol–water partition coefficient (Wildman–Crippen LogP) is 4.12. The van der Waals surface area contributed by atoms with Crippen molar-refractivity contribution in [3.8, 4) is 11.5 Å². The number of hydrogen-bond donors (Lipinski definition) is 1. The van der Waals surface area contributed by atoms with Gasteiger partial charge >= 0.3 is 0 Å². The summed E-state index contributed by atoms with van der Waals surface area (Å²) in [6, 6.07) is 21.4. The molecule has 2 amide bonds. The third kappa shape index (κ3) is 4.59. The summed E-state index contributed by atoms with van der Waals surface area (Å²) in [6.45, 7) is 1.20. The maximum Gasteiger partial charge on any atom is 0.256 e. The Morgan fingerprint density at radius 2 is 1.71 bits per heavy atom. The number of likely N-dealkylation sites (tertiary alicyclic amines) is 1. The van der Waals surface area contributed by atoms with Gasteiger partial charge in [0.1, 0.15) is 5.82 Å². The highest BCUT2D eigenvalue weighted by atomic mass is 19.1. The minimum atomic E-state index is -0.557. The summed E-state index contributed by atoms with van der Waals surface area (Å²) in [5.41, 5.74) is 1.98. The van der Waals surface area contributed by atoms with E-state index in [2.05, 4.69) is 5.32 Å². The summed E-state index contributed by atoms with van der Waals surface area (Å²) in [5.74, 6) is -0.170. The molecule has 3 aromatic carbocycles. The first-order chi connectivity index (χ1) is 16.6. The topological polar surface area (TPSA) is 67.9 Å². The van der Waals surface area contributed by atoms with E-state index >= 15 is 0 Å². The molecule has 0 spiro atoms. The first-order valence-electron chi connectivity index (χ1n) is 11.3. The van der Waals surface area contributed by atoms with Gasteiger partial charge in [0.05, 0.1) is 11.5 Å². The van der Waals surface area contributed by atoms with Crippen molar-refractivity contribution in [2.24, 2.45) is 5.92 Å². The van der Waals surface area contributed by atoms with Crippen molar-refractivity contribution in [1.29, 1.82) is 0 Å². The van der Waals surface area contributed by atoms with Gasteiger partial charge in [0.15, 0.2) is 11.5 Å². The van der Waals surface area contributed by atoms with E-state index in [4.69, 9.17) is 9.47 Å². The molecule has 0 bridgehead atoms. The fraction of sp³-hybridized carbons (Fsp3) is 0.259. The fourth-order valence-corrected chi connectivity index (χ4v) is 4.61. The standard InChI is InChI=1S/C27H25FN2O4/c28-23-9-5-4-8-22(23)27(32)30-15-20(19-6-2-1-3-7-19)13-21(16-30)26(31)29-14-18-10-11-24-25(12-18)34-17-33-24/h1-12,20-21H,13-17H2,(H,29,31)/t20-,21-/m0/s1. The molecule has 3 aromatic rings. The minimum Gasteiger partial charge on any atom is -0.454 e. The van der Waals surface area contributed by atoms with Crippen LogP contribution in [0.1, 0.15) is 33.8 Å². The molecule has 2 aliphatic rings. The van der Waals surface area contributed by atoms with Crippen LogP contribution in [0.25, 0.3) is 0 Å². The number of amides is 2. The van der Waals surface area contributed by atoms with Gasteiger partial charge in [-0.05, 0) is 41.8 Å². The monoisotopic (exact) mass is 460 g/mol. The summed E-state index contributed by atoms with van der Waals surface area (Å²) in [7, 11) is 0. The predicted molar refractivity (Wildman–Crippen MR) is 124 cm³/mol. The van der Waals surface area contributed by atoms with E-state index in [1.165, 1.54) is 12.1 Å². The van der Waals surface area contributed by atoms with Crippen LogP contribution < -0.4 is 14.8 Å². The molecule has 0 unspecified atom stereocenters. The number of nitrogens with zero attached hydrogens (tertiary/aromatic N) is 1. The molecular formula is C27H25FN2O4. The molecule has 2 heterocycles. The largest absolute Gasteiger partial charge is 0.454 e. The van der Waals surface area contributed by atoms with Crippen LogP contribution in [0.15, 0.2) is 72.8 Å². The van der Waals surface area contributed by atoms with Gasteiger partial charge in [0.25, 0.3) is 5.91 Å². The lowest BCUT2D eigenvalue weighted by Gasteiger charge is -2.37. The van der Waals surface area contributed by atoms with Crippen LogP contribution in [-0.2, 0) is 11.3 Å². The molecule has 1 saturated heterocycles. The van der Waals surface area contributed by atoms with E-state index in [0.717, 1.165) is 11.1 Å². The molecule has 1 N–H and O–H groups in total. The summed E-state index contributed by atoms with van der Waals surface area (Å²) in [6.07, 6.45) is 0.609. The highest BCUT2D eigenvalue weighted by molar-refractivity contribution is 5.95. The van der Waals surface area contributed by atoms with Crippen LogP contribution >= 0.6 is 0 Å². The van der Waals surface area contributed by atoms with Crippen molar-refractivity contribution < 1.29 is 23.5 Å². The number of hydrogen-bond acceptors (Lipinski definition) is 4. The number of piperidine rings is 1. The number of benzene rings is 3. The van der Waals surface area contributed by atoms with Crippen LogP contribution in [0, 0.1) is 11.7 Å². The summed E-state index contributed by atoms with van der Waals surface area (Å²) < 4.78 is 25.1. The maximum absolute atomic E-state index is 14.3. The average molecular weight is 461 g/mol. The molecule has 0 radical (unpaired) electrons. The lowest BCUT2D eigenvalue weighted by Crippen LogP contribution is -2.48. The van der Waals surface area contributed by atoms with Crippen LogP contribution in [0.4, 0.5) is 4.39 Å². The van der Waals surface area contributed by atoms with Crippen molar-refractivity contribution in [3.63, 3.8) is 0 Å². The van der Waals surface area contributed by atoms with Crippen molar-refractivity contribution in [2.75, 3.05) is 19.9 Å². The van der Waals surface area contributed by atoms with E-state index < -0.39 is 17.6 Å². The van der Waals surface area contributed by atoms with E-state index in [-0.39, 0.29) is 30.7 Å². The molecular weight excluding hydrogens is 435 g/mol. The highest BCUT2D eigenvalue weighted by Gasteiger charge is 2.35. The van der Waals surface area contributed by atoms with Gasteiger partial charge in [0, 0.05) is 25.6 Å². The molecule has 2 aliphatic heterocycles. The molecule has 34 heavy (non-hydrogen) atoms. The first-order valence-corrected chi connectivity index (χ1v) is 11.3. The molecule has 0 aromatic heterocycles. The Labute approximate surface area is 197 Å². The lowest BCUT2D eigenvalue weighted by atomic mass is 9.83. The van der Waals surface area contributed by atoms with E-state index in [1.807, 2.05) is 48.5 Å². The highest BCUT2D eigenvalue weighted by Crippen LogP contribution is 2.33. The quantitative estimate of drug-likeness (QED) is 0.622. The Hall–Kier alpha value is -3.87. The van der Waals surface area contributed by atoms with Crippen LogP contribution in [0.5, 0.6) is 11.5 Å². The third-order valence-electron chi connectivity index (χ3n) is 6.39. The summed E-state index contributed by atoms with van der Waals surface area (Å²) in [5, 5.41) is 3.00. The summed E-state index contributed by atoms with van der Waals surface area (Å²) >= 11 is 0. The molecule has 1 fully saturated rings. The molecule has 0 aliphatic carbocycles. The third-order valence-corrected chi connectivity index (χ3v) is 6.39. The number of rotatable bonds is 5. The first kappa shape index (κ1) is 21.9. The van der Waals surface area contributed by atoms with Gasteiger partial charge in [0.2, 0.25) is 12.7 Å². The van der Waals surface area contributed by atoms with Crippen LogP contribution in [0.3, 0.4) is 0 Å². The number of halogens is 1. The minimum absolute atomic E-state index is 0.0213. The SMILES string of the molecule is O=C(NCc1ccc2c(c1)OCO2)[C@H]1C[C@H](c2ccccc2)CN(C(=O)c2ccccc2F)C1. The molecule has 5 rings (SSSR count). The molecule has 7 heteroatoms. The maximum atomic E-state index is 14.3. The van der Waals surface area contributed by atoms with Crippen molar-refractivity contribution >= 4 is 11.8 Å². The second-order valence-corrected chi connectivity index (χ2v) is 8.64. The number of ether oxygens (including phenoxy) is 2. The molecule has 0 saturated carbocycles. The van der Waals surface area contributed by atoms with Gasteiger partial charge < -0.3 is 19.7 Å². The zero-order valence-corrected chi connectivity index (χ0v) is 18.6. The Kier molecular flexibility index (Phi) is 6.16. The van der Waals surface area contributed by atoms with Gasteiger partial charge in [-0.2, -0.15) is 0 Å². The van der Waals surface area contributed by atoms with E-state index in [1.54, 1.807) is 17.0 Å². The normalized spacial score (nSPS) is 19.0. The van der Waals surface area contributed by atoms with E-state index in [9.17, 15) is 14.0 Å². The second-order valence-electron chi connectivity index (χ2n) is 8.64. The Morgan fingerprint density at radius 3 is 2.53 bits per heavy atom. The Morgan fingerprint density at radius 1 is 0.941 bits per heavy atom. The van der Waals surface area contributed by atoms with Gasteiger partial charge in [-0.25, -0.2) is 4.39 Å². The number of nitrogens with one attached hydrogen (secondary N) is 1. The number of carbonyl (C=O) groups excluding carboxylic acids is 2. The van der Waals surface area contributed by atoms with Crippen molar-refractivity contribution in [2.45, 2.75) is 18.9 Å². The lowest BCUT2D eigenvalue weighted by molar-refractivity contribution is -0.126. The van der Waals surface area contributed by atoms with Crippen molar-refractivity contribution in [1.82, 2.24) is 10.2 Å². The zero-order chi connectivity index (χ0) is 23.5. The van der Waals surface area contributed by atoms with Crippen LogP contribution in [0.2, 0.25) is 0 Å². The molecule has 6 nitrogen and oxygen atoms in total. The fourth-order valence-electron chi connectivity index (χ4n) is 4.61. The second kappa shape index (κ2) is 9.55. The Balaban J connectivity index is 1.33. The average Bonchev–Trinajstić information content (AvgIpc) is 3.35. The number of fused-ring (bicyclic) bond motifs is 1. The van der Waals surface area contributed by atoms with Gasteiger partial charge in [-0.1, -0.05) is 48.5 Å². The Bertz CT molecular complexity index is 1200. The smallest absolute Gasteiger partial charge is 0.256 e. The van der Waals surface area contributed by atoms with E-state index in [0.29, 0.717) is 31.0 Å².